The number of hydrogen-bond donors (Lipinski definition) is 0. The van der Waals surface area contributed by atoms with E-state index in [2.05, 4.69) is 410 Å². The predicted molar refractivity (Wildman–Crippen MR) is 485 cm³/mol. The van der Waals surface area contributed by atoms with Gasteiger partial charge in [-0.3, -0.25) is 9.97 Å². The molecule has 22 aromatic rings. The summed E-state index contributed by atoms with van der Waals surface area (Å²) >= 11 is 0. The van der Waals surface area contributed by atoms with Gasteiger partial charge < -0.3 is 0 Å². The molecule has 116 heavy (non-hydrogen) atoms. The minimum absolute atomic E-state index is 0.680. The van der Waals surface area contributed by atoms with Crippen LogP contribution in [0.25, 0.3) is 221 Å². The largest absolute Gasteiger partial charge is 0.263 e. The fourth-order valence-electron chi connectivity index (χ4n) is 16.7. The highest BCUT2D eigenvalue weighted by Crippen LogP contribution is 2.42. The van der Waals surface area contributed by atoms with Gasteiger partial charge in [0.1, 0.15) is 0 Å². The van der Waals surface area contributed by atoms with Crippen LogP contribution in [0.4, 0.5) is 0 Å². The number of aromatic nitrogens is 6. The van der Waals surface area contributed by atoms with Gasteiger partial charge in [0.05, 0.1) is 22.8 Å². The summed E-state index contributed by atoms with van der Waals surface area (Å²) in [6.45, 7) is 0. The van der Waals surface area contributed by atoms with Crippen molar-refractivity contribution < 1.29 is 0 Å². The molecule has 0 atom stereocenters. The first-order chi connectivity index (χ1) is 57.4. The highest BCUT2D eigenvalue weighted by molar-refractivity contribution is 6.15. The van der Waals surface area contributed by atoms with Crippen molar-refractivity contribution in [1.29, 1.82) is 0 Å². The predicted octanol–water partition coefficient (Wildman–Crippen LogP) is 29.0. The summed E-state index contributed by atoms with van der Waals surface area (Å²) in [5.74, 6) is 1.37. The maximum atomic E-state index is 5.27. The zero-order chi connectivity index (χ0) is 76.8. The third-order valence-electron chi connectivity index (χ3n) is 22.7. The van der Waals surface area contributed by atoms with E-state index in [4.69, 9.17) is 19.9 Å². The first-order valence-corrected chi connectivity index (χ1v) is 39.3. The van der Waals surface area contributed by atoms with Crippen LogP contribution in [0.1, 0.15) is 0 Å². The van der Waals surface area contributed by atoms with Crippen molar-refractivity contribution in [2.24, 2.45) is 0 Å². The average Bonchev–Trinajstić information content (AvgIpc) is 0.791. The topological polar surface area (TPSA) is 77.3 Å². The number of pyridine rings is 2. The highest BCUT2D eigenvalue weighted by Gasteiger charge is 2.19. The summed E-state index contributed by atoms with van der Waals surface area (Å²) in [5, 5.41) is 19.6. The van der Waals surface area contributed by atoms with E-state index < -0.39 is 0 Å². The van der Waals surface area contributed by atoms with E-state index in [9.17, 15) is 0 Å². The Kier molecular flexibility index (Phi) is 17.5. The molecule has 0 N–H and O–H groups in total. The number of rotatable bonds is 12. The molecule has 0 saturated carbocycles. The second kappa shape index (κ2) is 29.6. The lowest BCUT2D eigenvalue weighted by atomic mass is 9.92. The standard InChI is InChI=1S/C59H37N3.C51H33N3/c1-4-14-47-44(11-1)33-54(52-19-9-7-17-50(47)52)38-21-27-41(28-22-38)57-35-58(42-29-23-40(24-30-42)56-37-60-36-46-13-3-6-16-49(46)56)62-59(61-57)43-31-25-39(26-32-43)55-34-45-12-2-5-15-48(45)51-18-8-10-20-53(51)55;1-3-9-42-29-44(27-17-34(42)7-1)36-13-21-39(22-14-36)49-31-50(40-23-19-38(20-24-40)48-33-52-32-46-11-5-6-12-47(46)48)54-51(53-49)41-25-15-37(16-26-41)45-28-18-35-8-2-4-10-43(35)30-45/h1-37H;1-33H. The lowest BCUT2D eigenvalue weighted by Gasteiger charge is -2.13. The van der Waals surface area contributed by atoms with Crippen LogP contribution in [0.3, 0.4) is 0 Å². The fourth-order valence-corrected chi connectivity index (χ4v) is 16.7. The van der Waals surface area contributed by atoms with Crippen molar-refractivity contribution in [1.82, 2.24) is 29.9 Å². The van der Waals surface area contributed by atoms with Gasteiger partial charge in [-0.25, -0.2) is 19.9 Å². The summed E-state index contributed by atoms with van der Waals surface area (Å²) in [4.78, 5) is 29.9. The summed E-state index contributed by atoms with van der Waals surface area (Å²) in [6, 6.07) is 143. The van der Waals surface area contributed by atoms with E-state index in [1.54, 1.807) is 0 Å². The van der Waals surface area contributed by atoms with Crippen molar-refractivity contribution in [3.05, 3.63) is 425 Å². The fraction of sp³-hybridized carbons (Fsp3) is 0. The molecule has 0 unspecified atom stereocenters. The van der Waals surface area contributed by atoms with Crippen LogP contribution in [0.15, 0.2) is 425 Å². The third kappa shape index (κ3) is 13.2. The van der Waals surface area contributed by atoms with Gasteiger partial charge in [0.2, 0.25) is 0 Å². The molecule has 0 amide bonds. The normalized spacial score (nSPS) is 11.4. The van der Waals surface area contributed by atoms with Crippen molar-refractivity contribution >= 4 is 86.2 Å². The molecule has 540 valence electrons. The smallest absolute Gasteiger partial charge is 0.160 e. The molecule has 4 aromatic heterocycles. The molecule has 4 heterocycles. The van der Waals surface area contributed by atoms with Crippen LogP contribution in [0, 0.1) is 0 Å². The number of benzene rings is 18. The Labute approximate surface area is 671 Å². The van der Waals surface area contributed by atoms with Crippen molar-refractivity contribution in [2.45, 2.75) is 0 Å². The van der Waals surface area contributed by atoms with Gasteiger partial charge in [-0.15, -0.1) is 0 Å². The SMILES string of the molecule is c1ccc2c(-c3ccc(-c4cc(-c5ccc(-c6cc7ccccc7c7ccccc67)cc5)nc(-c5ccc(-c6cc7ccccc7c7ccccc67)cc5)n4)cc3)cncc2c1.c1ccc2cc(-c3ccc(-c4cc(-c5ccc(-c6cncc7ccccc67)cc5)nc(-c5ccc(-c6ccc7ccccc7c6)cc5)n4)cc3)ccc2c1. The number of nitrogens with zero attached hydrogens (tertiary/aromatic N) is 6. The van der Waals surface area contributed by atoms with Crippen LogP contribution >= 0.6 is 0 Å². The average molecular weight is 1480 g/mol. The molecule has 0 aliphatic rings. The summed E-state index contributed by atoms with van der Waals surface area (Å²) < 4.78 is 0. The van der Waals surface area contributed by atoms with Gasteiger partial charge >= 0.3 is 0 Å². The minimum Gasteiger partial charge on any atom is -0.263 e. The maximum Gasteiger partial charge on any atom is 0.160 e. The zero-order valence-corrected chi connectivity index (χ0v) is 63.1. The summed E-state index contributed by atoms with van der Waals surface area (Å²) in [7, 11) is 0. The monoisotopic (exact) mass is 1470 g/mol. The number of fused-ring (bicyclic) bond motifs is 10. The Hall–Kier alpha value is -15.5. The van der Waals surface area contributed by atoms with Gasteiger partial charge in [-0.2, -0.15) is 0 Å². The van der Waals surface area contributed by atoms with Crippen LogP contribution in [0.2, 0.25) is 0 Å². The second-order valence-electron chi connectivity index (χ2n) is 29.7. The molecule has 22 rings (SSSR count). The Balaban J connectivity index is 0.000000146. The van der Waals surface area contributed by atoms with Crippen molar-refractivity contribution in [3.8, 4) is 135 Å². The van der Waals surface area contributed by atoms with Gasteiger partial charge in [0.25, 0.3) is 0 Å². The van der Waals surface area contributed by atoms with Crippen molar-refractivity contribution in [2.75, 3.05) is 0 Å². The minimum atomic E-state index is 0.680. The molecule has 0 spiro atoms. The first-order valence-electron chi connectivity index (χ1n) is 39.3. The molecular formula is C110H70N6. The van der Waals surface area contributed by atoms with E-state index >= 15 is 0 Å². The Morgan fingerprint density at radius 1 is 0.129 bits per heavy atom. The van der Waals surface area contributed by atoms with Gasteiger partial charge in [0, 0.05) is 80.1 Å². The molecule has 18 aromatic carbocycles. The van der Waals surface area contributed by atoms with Gasteiger partial charge in [-0.1, -0.05) is 364 Å². The lowest BCUT2D eigenvalue weighted by Crippen LogP contribution is -1.96. The summed E-state index contributed by atoms with van der Waals surface area (Å²) in [6.07, 6.45) is 7.73. The van der Waals surface area contributed by atoms with E-state index in [-0.39, 0.29) is 0 Å². The van der Waals surface area contributed by atoms with Gasteiger partial charge in [-0.05, 0) is 167 Å². The second-order valence-corrected chi connectivity index (χ2v) is 29.7. The third-order valence-corrected chi connectivity index (χ3v) is 22.7. The molecule has 0 aliphatic carbocycles. The van der Waals surface area contributed by atoms with Gasteiger partial charge in [0.15, 0.2) is 11.6 Å². The molecule has 0 fully saturated rings. The Bertz CT molecular complexity index is 7200. The molecular weight excluding hydrogens is 1410 g/mol. The summed E-state index contributed by atoms with van der Waals surface area (Å²) in [5.41, 5.74) is 23.4. The van der Waals surface area contributed by atoms with Crippen molar-refractivity contribution in [3.63, 3.8) is 0 Å². The highest BCUT2D eigenvalue weighted by atomic mass is 14.9. The Morgan fingerprint density at radius 2 is 0.379 bits per heavy atom. The maximum absolute atomic E-state index is 5.27. The van der Waals surface area contributed by atoms with Crippen LogP contribution in [0.5, 0.6) is 0 Å². The molecule has 0 radical (unpaired) electrons. The van der Waals surface area contributed by atoms with Crippen LogP contribution in [-0.4, -0.2) is 29.9 Å². The lowest BCUT2D eigenvalue weighted by molar-refractivity contribution is 1.18. The first kappa shape index (κ1) is 68.5. The van der Waals surface area contributed by atoms with E-state index in [1.807, 2.05) is 24.8 Å². The molecule has 0 aliphatic heterocycles. The zero-order valence-electron chi connectivity index (χ0n) is 63.1. The van der Waals surface area contributed by atoms with Crippen LogP contribution < -0.4 is 0 Å². The molecule has 6 nitrogen and oxygen atoms in total. The quantitative estimate of drug-likeness (QED) is 0.113. The molecule has 0 saturated heterocycles. The van der Waals surface area contributed by atoms with E-state index in [0.29, 0.717) is 11.6 Å². The van der Waals surface area contributed by atoms with Crippen LogP contribution in [-0.2, 0) is 0 Å². The Morgan fingerprint density at radius 3 is 0.733 bits per heavy atom. The van der Waals surface area contributed by atoms with E-state index in [1.165, 1.54) is 109 Å². The van der Waals surface area contributed by atoms with E-state index in [0.717, 1.165) is 100 Å². The molecule has 6 heteroatoms. The molecule has 0 bridgehead atoms. The number of hydrogen-bond acceptors (Lipinski definition) is 6.